The van der Waals surface area contributed by atoms with Crippen LogP contribution >= 0.6 is 0 Å². The zero-order valence-electron chi connectivity index (χ0n) is 19.9. The minimum absolute atomic E-state index is 0.116. The van der Waals surface area contributed by atoms with Gasteiger partial charge in [0.05, 0.1) is 6.54 Å². The van der Waals surface area contributed by atoms with Crippen molar-refractivity contribution in [3.8, 4) is 6.01 Å². The summed E-state index contributed by atoms with van der Waals surface area (Å²) >= 11 is 0. The molecule has 0 spiro atoms. The highest BCUT2D eigenvalue weighted by atomic mass is 16.5. The number of aryl methyl sites for hydroxylation is 1. The van der Waals surface area contributed by atoms with E-state index in [9.17, 15) is 14.4 Å². The highest BCUT2D eigenvalue weighted by Crippen LogP contribution is 2.25. The molecule has 1 aromatic carbocycles. The molecule has 1 aliphatic rings. The minimum Gasteiger partial charge on any atom is -0.460 e. The van der Waals surface area contributed by atoms with Crippen molar-refractivity contribution in [1.82, 2.24) is 18.7 Å². The summed E-state index contributed by atoms with van der Waals surface area (Å²) in [5, 5.41) is 0. The highest BCUT2D eigenvalue weighted by Gasteiger charge is 2.28. The SMILES string of the molecule is CC(C)=CCn1c(O[C@@H]2CCCC[C@H]2N)nc2c1c(=O)n(CC(=O)c1ccccc1)c(=O)n2C. The molecule has 2 heterocycles. The van der Waals surface area contributed by atoms with Crippen molar-refractivity contribution < 1.29 is 9.53 Å². The van der Waals surface area contributed by atoms with Crippen molar-refractivity contribution in [2.45, 2.75) is 64.8 Å². The predicted molar refractivity (Wildman–Crippen MR) is 130 cm³/mol. The fourth-order valence-electron chi connectivity index (χ4n) is 4.29. The van der Waals surface area contributed by atoms with Gasteiger partial charge in [-0.3, -0.25) is 23.3 Å². The Bertz CT molecular complexity index is 1350. The number of hydrogen-bond acceptors (Lipinski definition) is 6. The van der Waals surface area contributed by atoms with Crippen LogP contribution in [0.5, 0.6) is 6.01 Å². The number of carbonyl (C=O) groups excluding carboxylic acids is 1. The first kappa shape index (κ1) is 23.7. The molecule has 0 saturated heterocycles. The molecule has 2 N–H and O–H groups in total. The van der Waals surface area contributed by atoms with E-state index in [0.717, 1.165) is 35.8 Å². The summed E-state index contributed by atoms with van der Waals surface area (Å²) in [6.07, 6.45) is 5.49. The Morgan fingerprint density at radius 2 is 1.85 bits per heavy atom. The number of ether oxygens (including phenoxy) is 1. The van der Waals surface area contributed by atoms with Crippen LogP contribution in [0.3, 0.4) is 0 Å². The lowest BCUT2D eigenvalue weighted by Gasteiger charge is -2.28. The number of allylic oxidation sites excluding steroid dienone is 2. The lowest BCUT2D eigenvalue weighted by atomic mass is 9.93. The van der Waals surface area contributed by atoms with Gasteiger partial charge < -0.3 is 10.5 Å². The molecule has 2 aromatic heterocycles. The highest BCUT2D eigenvalue weighted by molar-refractivity contribution is 5.95. The third kappa shape index (κ3) is 4.61. The number of rotatable bonds is 7. The maximum Gasteiger partial charge on any atom is 0.332 e. The molecular formula is C25H31N5O4. The van der Waals surface area contributed by atoms with Gasteiger partial charge in [0.25, 0.3) is 11.6 Å². The Morgan fingerprint density at radius 3 is 2.53 bits per heavy atom. The van der Waals surface area contributed by atoms with Gasteiger partial charge in [-0.2, -0.15) is 4.98 Å². The summed E-state index contributed by atoms with van der Waals surface area (Å²) < 4.78 is 10.2. The normalized spacial score (nSPS) is 18.1. The smallest absolute Gasteiger partial charge is 0.332 e. The van der Waals surface area contributed by atoms with E-state index in [0.29, 0.717) is 12.1 Å². The first-order valence-corrected chi connectivity index (χ1v) is 11.6. The number of Topliss-reactive ketones (excluding diaryl/α,β-unsaturated/α-hetero) is 1. The quantitative estimate of drug-likeness (QED) is 0.423. The van der Waals surface area contributed by atoms with Gasteiger partial charge in [-0.05, 0) is 33.1 Å². The minimum atomic E-state index is -0.602. The molecule has 0 radical (unpaired) electrons. The van der Waals surface area contributed by atoms with Gasteiger partial charge in [-0.15, -0.1) is 0 Å². The number of hydrogen-bond donors (Lipinski definition) is 1. The molecule has 1 saturated carbocycles. The number of fused-ring (bicyclic) bond motifs is 1. The van der Waals surface area contributed by atoms with Crippen molar-refractivity contribution in [3.05, 3.63) is 68.4 Å². The molecule has 2 atom stereocenters. The van der Waals surface area contributed by atoms with E-state index < -0.39 is 11.2 Å². The van der Waals surface area contributed by atoms with E-state index >= 15 is 0 Å². The van der Waals surface area contributed by atoms with Gasteiger partial charge in [-0.25, -0.2) is 4.79 Å². The molecule has 1 fully saturated rings. The number of aromatic nitrogens is 4. The van der Waals surface area contributed by atoms with Gasteiger partial charge in [-0.1, -0.05) is 48.4 Å². The van der Waals surface area contributed by atoms with Crippen LogP contribution in [-0.2, 0) is 20.1 Å². The molecule has 34 heavy (non-hydrogen) atoms. The van der Waals surface area contributed by atoms with E-state index in [2.05, 4.69) is 4.98 Å². The van der Waals surface area contributed by atoms with E-state index in [1.165, 1.54) is 4.57 Å². The van der Waals surface area contributed by atoms with Crippen LogP contribution < -0.4 is 21.7 Å². The van der Waals surface area contributed by atoms with E-state index in [4.69, 9.17) is 10.5 Å². The Hall–Kier alpha value is -3.46. The Morgan fingerprint density at radius 1 is 1.15 bits per heavy atom. The molecule has 3 aromatic rings. The average molecular weight is 466 g/mol. The van der Waals surface area contributed by atoms with Gasteiger partial charge >= 0.3 is 5.69 Å². The maximum absolute atomic E-state index is 13.5. The molecule has 4 rings (SSSR count). The number of nitrogens with zero attached hydrogens (tertiary/aromatic N) is 4. The molecule has 0 amide bonds. The second kappa shape index (κ2) is 9.80. The first-order valence-electron chi connectivity index (χ1n) is 11.6. The number of benzene rings is 1. The topological polar surface area (TPSA) is 114 Å². The van der Waals surface area contributed by atoms with Crippen LogP contribution in [0.4, 0.5) is 0 Å². The zero-order valence-corrected chi connectivity index (χ0v) is 19.9. The van der Waals surface area contributed by atoms with Crippen molar-refractivity contribution in [1.29, 1.82) is 0 Å². The van der Waals surface area contributed by atoms with Crippen LogP contribution in [0, 0.1) is 0 Å². The number of ketones is 1. The molecule has 9 nitrogen and oxygen atoms in total. The fraction of sp³-hybridized carbons (Fsp3) is 0.440. The summed E-state index contributed by atoms with van der Waals surface area (Å²) in [5.74, 6) is -0.320. The summed E-state index contributed by atoms with van der Waals surface area (Å²) in [5.41, 5.74) is 7.05. The molecule has 180 valence electrons. The monoisotopic (exact) mass is 465 g/mol. The van der Waals surface area contributed by atoms with Gasteiger partial charge in [0.2, 0.25) is 0 Å². The Balaban J connectivity index is 1.84. The first-order chi connectivity index (χ1) is 16.3. The summed E-state index contributed by atoms with van der Waals surface area (Å²) in [4.78, 5) is 43.9. The zero-order chi connectivity index (χ0) is 24.4. The van der Waals surface area contributed by atoms with Crippen LogP contribution in [0.2, 0.25) is 0 Å². The molecular weight excluding hydrogens is 434 g/mol. The third-order valence-electron chi connectivity index (χ3n) is 6.29. The van der Waals surface area contributed by atoms with E-state index in [1.54, 1.807) is 41.9 Å². The Kier molecular flexibility index (Phi) is 6.83. The van der Waals surface area contributed by atoms with E-state index in [1.807, 2.05) is 19.9 Å². The lowest BCUT2D eigenvalue weighted by molar-refractivity contribution is 0.0969. The van der Waals surface area contributed by atoms with Crippen molar-refractivity contribution in [2.75, 3.05) is 0 Å². The molecule has 0 unspecified atom stereocenters. The van der Waals surface area contributed by atoms with E-state index in [-0.39, 0.29) is 41.6 Å². The van der Waals surface area contributed by atoms with Crippen LogP contribution in [-0.4, -0.2) is 36.6 Å². The van der Waals surface area contributed by atoms with Crippen molar-refractivity contribution in [2.24, 2.45) is 12.8 Å². The standard InChI is InChI=1S/C25H31N5O4/c1-16(2)13-14-29-21-22(27-24(29)34-20-12-8-7-11-18(20)26)28(3)25(33)30(23(21)32)15-19(31)17-9-5-4-6-10-17/h4-6,9-10,13,18,20H,7-8,11-12,14-15,26H2,1-3H3/t18-,20-/m1/s1. The number of carbonyl (C=O) groups is 1. The van der Waals surface area contributed by atoms with Crippen LogP contribution in [0.1, 0.15) is 49.9 Å². The van der Waals surface area contributed by atoms with Gasteiger partial charge in [0, 0.05) is 25.2 Å². The third-order valence-corrected chi connectivity index (χ3v) is 6.29. The van der Waals surface area contributed by atoms with Gasteiger partial charge in [0.15, 0.2) is 16.9 Å². The summed E-state index contributed by atoms with van der Waals surface area (Å²) in [7, 11) is 1.54. The molecule has 0 aliphatic heterocycles. The van der Waals surface area contributed by atoms with Crippen LogP contribution in [0.25, 0.3) is 11.2 Å². The second-order valence-electron chi connectivity index (χ2n) is 9.09. The molecule has 1 aliphatic carbocycles. The predicted octanol–water partition coefficient (Wildman–Crippen LogP) is 2.39. The lowest BCUT2D eigenvalue weighted by Crippen LogP contribution is -2.42. The average Bonchev–Trinajstić information content (AvgIpc) is 3.19. The van der Waals surface area contributed by atoms with Crippen LogP contribution in [0.15, 0.2) is 51.6 Å². The maximum atomic E-state index is 13.5. The fourth-order valence-corrected chi connectivity index (χ4v) is 4.29. The Labute approximate surface area is 197 Å². The number of nitrogens with two attached hydrogens (primary N) is 1. The van der Waals surface area contributed by atoms with Gasteiger partial charge in [0.1, 0.15) is 6.10 Å². The van der Waals surface area contributed by atoms with Crippen molar-refractivity contribution in [3.63, 3.8) is 0 Å². The molecule has 9 heteroatoms. The van der Waals surface area contributed by atoms with Crippen molar-refractivity contribution >= 4 is 16.9 Å². The second-order valence-corrected chi connectivity index (χ2v) is 9.09. The largest absolute Gasteiger partial charge is 0.460 e. The molecule has 0 bridgehead atoms. The number of imidazole rings is 1. The summed E-state index contributed by atoms with van der Waals surface area (Å²) in [6.45, 7) is 3.91. The summed E-state index contributed by atoms with van der Waals surface area (Å²) in [6, 6.07) is 8.75.